The number of nitrogens with zero attached hydrogens (tertiary/aromatic N) is 2. The number of hydrogen-bond acceptors (Lipinski definition) is 4. The highest BCUT2D eigenvalue weighted by molar-refractivity contribution is 6.02. The number of aromatic nitrogens is 2. The molecule has 7 nitrogen and oxygen atoms in total. The number of hydrogen-bond donors (Lipinski definition) is 3. The number of benzene rings is 1. The van der Waals surface area contributed by atoms with Gasteiger partial charge < -0.3 is 16.8 Å². The van der Waals surface area contributed by atoms with Crippen LogP contribution in [-0.2, 0) is 4.79 Å². The smallest absolute Gasteiger partial charge is 0.252 e. The molecule has 28 heavy (non-hydrogen) atoms. The van der Waals surface area contributed by atoms with Gasteiger partial charge in [-0.3, -0.25) is 9.59 Å². The Morgan fingerprint density at radius 1 is 1.25 bits per heavy atom. The van der Waals surface area contributed by atoms with Crippen molar-refractivity contribution in [1.29, 1.82) is 0 Å². The molecule has 2 heterocycles. The van der Waals surface area contributed by atoms with Crippen LogP contribution in [0.5, 0.6) is 0 Å². The third kappa shape index (κ3) is 3.28. The van der Waals surface area contributed by atoms with Crippen molar-refractivity contribution in [2.75, 3.05) is 5.32 Å². The van der Waals surface area contributed by atoms with Crippen molar-refractivity contribution in [3.63, 3.8) is 0 Å². The van der Waals surface area contributed by atoms with E-state index in [9.17, 15) is 14.0 Å². The number of halogens is 1. The second kappa shape index (κ2) is 6.95. The molecule has 1 aromatic carbocycles. The highest BCUT2D eigenvalue weighted by atomic mass is 19.1. The van der Waals surface area contributed by atoms with Crippen LogP contribution in [0.3, 0.4) is 0 Å². The standard InChI is InChI=1S/C20H22FN5O2/c1-11(20(2,3)19(23)28)25-17-14(18(22)27)9-24-26-10-12(8-16(17)26)13-6-4-5-7-15(13)21/h4-11,25H,1-3H3,(H2,22,27)(H2,23,28). The minimum Gasteiger partial charge on any atom is -0.379 e. The zero-order chi connectivity index (χ0) is 20.6. The van der Waals surface area contributed by atoms with Crippen molar-refractivity contribution < 1.29 is 14.0 Å². The monoisotopic (exact) mass is 383 g/mol. The molecule has 146 valence electrons. The van der Waals surface area contributed by atoms with Gasteiger partial charge >= 0.3 is 0 Å². The molecule has 0 aliphatic rings. The molecule has 0 saturated heterocycles. The minimum atomic E-state index is -0.893. The van der Waals surface area contributed by atoms with Gasteiger partial charge in [0, 0.05) is 23.4 Å². The summed E-state index contributed by atoms with van der Waals surface area (Å²) in [5.74, 6) is -1.53. The molecule has 1 unspecified atom stereocenters. The molecule has 0 aliphatic heterocycles. The second-order valence-corrected chi connectivity index (χ2v) is 7.29. The number of rotatable bonds is 6. The van der Waals surface area contributed by atoms with E-state index in [4.69, 9.17) is 11.5 Å². The van der Waals surface area contributed by atoms with Crippen LogP contribution >= 0.6 is 0 Å². The quantitative estimate of drug-likeness (QED) is 0.606. The largest absolute Gasteiger partial charge is 0.379 e. The summed E-state index contributed by atoms with van der Waals surface area (Å²) in [6.07, 6.45) is 3.00. The lowest BCUT2D eigenvalue weighted by Gasteiger charge is -2.30. The average molecular weight is 383 g/mol. The lowest BCUT2D eigenvalue weighted by atomic mass is 9.84. The third-order valence-corrected chi connectivity index (χ3v) is 5.17. The van der Waals surface area contributed by atoms with E-state index >= 15 is 0 Å². The maximum Gasteiger partial charge on any atom is 0.252 e. The van der Waals surface area contributed by atoms with E-state index in [1.807, 2.05) is 0 Å². The van der Waals surface area contributed by atoms with Crippen molar-refractivity contribution in [3.05, 3.63) is 54.1 Å². The third-order valence-electron chi connectivity index (χ3n) is 5.17. The van der Waals surface area contributed by atoms with Crippen LogP contribution in [-0.4, -0.2) is 27.5 Å². The summed E-state index contributed by atoms with van der Waals surface area (Å²) < 4.78 is 15.7. The van der Waals surface area contributed by atoms with Gasteiger partial charge in [-0.05, 0) is 32.9 Å². The molecule has 2 aromatic heterocycles. The Labute approximate surface area is 161 Å². The predicted molar refractivity (Wildman–Crippen MR) is 105 cm³/mol. The van der Waals surface area contributed by atoms with E-state index in [0.29, 0.717) is 22.3 Å². The first-order valence-corrected chi connectivity index (χ1v) is 8.75. The summed E-state index contributed by atoms with van der Waals surface area (Å²) in [7, 11) is 0. The number of carbonyl (C=O) groups excluding carboxylic acids is 2. The molecule has 0 saturated carbocycles. The van der Waals surface area contributed by atoms with Crippen molar-refractivity contribution in [1.82, 2.24) is 9.61 Å². The molecule has 3 rings (SSSR count). The van der Waals surface area contributed by atoms with Crippen LogP contribution in [0.4, 0.5) is 10.1 Å². The Morgan fingerprint density at radius 2 is 1.93 bits per heavy atom. The van der Waals surface area contributed by atoms with Gasteiger partial charge in [0.2, 0.25) is 5.91 Å². The van der Waals surface area contributed by atoms with Crippen LogP contribution in [0, 0.1) is 11.2 Å². The fraction of sp³-hybridized carbons (Fsp3) is 0.250. The maximum atomic E-state index is 14.2. The van der Waals surface area contributed by atoms with Crippen LogP contribution in [0.25, 0.3) is 16.6 Å². The molecular weight excluding hydrogens is 361 g/mol. The Kier molecular flexibility index (Phi) is 4.80. The summed E-state index contributed by atoms with van der Waals surface area (Å²) in [4.78, 5) is 23.7. The van der Waals surface area contributed by atoms with E-state index in [1.165, 1.54) is 16.8 Å². The van der Waals surface area contributed by atoms with E-state index in [2.05, 4.69) is 10.4 Å². The molecule has 2 amide bonds. The predicted octanol–water partition coefficient (Wildman–Crippen LogP) is 2.55. The molecule has 0 spiro atoms. The number of fused-ring (bicyclic) bond motifs is 1. The van der Waals surface area contributed by atoms with Crippen LogP contribution in [0.1, 0.15) is 31.1 Å². The first-order valence-electron chi connectivity index (χ1n) is 8.75. The van der Waals surface area contributed by atoms with Gasteiger partial charge in [0.1, 0.15) is 5.82 Å². The summed E-state index contributed by atoms with van der Waals surface area (Å²) in [6.45, 7) is 5.20. The van der Waals surface area contributed by atoms with Crippen molar-refractivity contribution >= 4 is 23.0 Å². The fourth-order valence-corrected chi connectivity index (χ4v) is 2.85. The van der Waals surface area contributed by atoms with E-state index in [1.54, 1.807) is 51.2 Å². The van der Waals surface area contributed by atoms with Crippen LogP contribution < -0.4 is 16.8 Å². The number of amides is 2. The topological polar surface area (TPSA) is 116 Å². The molecule has 0 bridgehead atoms. The van der Waals surface area contributed by atoms with Gasteiger partial charge in [-0.25, -0.2) is 8.91 Å². The number of carbonyl (C=O) groups is 2. The zero-order valence-electron chi connectivity index (χ0n) is 15.9. The Morgan fingerprint density at radius 3 is 2.54 bits per heavy atom. The molecule has 5 N–H and O–H groups in total. The van der Waals surface area contributed by atoms with Crippen molar-refractivity contribution in [3.8, 4) is 11.1 Å². The summed E-state index contributed by atoms with van der Waals surface area (Å²) in [5.41, 5.74) is 12.2. The molecule has 0 aliphatic carbocycles. The molecule has 1 atom stereocenters. The van der Waals surface area contributed by atoms with Gasteiger partial charge in [0.15, 0.2) is 0 Å². The second-order valence-electron chi connectivity index (χ2n) is 7.29. The van der Waals surface area contributed by atoms with Gasteiger partial charge in [-0.1, -0.05) is 18.2 Å². The summed E-state index contributed by atoms with van der Waals surface area (Å²) in [5, 5.41) is 7.38. The van der Waals surface area contributed by atoms with Crippen LogP contribution in [0.2, 0.25) is 0 Å². The lowest BCUT2D eigenvalue weighted by Crippen LogP contribution is -2.44. The van der Waals surface area contributed by atoms with Gasteiger partial charge in [0.05, 0.1) is 28.4 Å². The maximum absolute atomic E-state index is 14.2. The summed E-state index contributed by atoms with van der Waals surface area (Å²) in [6, 6.07) is 7.67. The summed E-state index contributed by atoms with van der Waals surface area (Å²) >= 11 is 0. The minimum absolute atomic E-state index is 0.165. The molecule has 8 heteroatoms. The SMILES string of the molecule is CC(Nc1c(C(N)=O)cnn2cc(-c3ccccc3F)cc12)C(C)(C)C(N)=O. The number of nitrogens with one attached hydrogen (secondary N) is 1. The number of primary amides is 2. The van der Waals surface area contributed by atoms with Crippen molar-refractivity contribution in [2.24, 2.45) is 16.9 Å². The highest BCUT2D eigenvalue weighted by Gasteiger charge is 2.33. The van der Waals surface area contributed by atoms with Crippen LogP contribution in [0.15, 0.2) is 42.7 Å². The van der Waals surface area contributed by atoms with Crippen molar-refractivity contribution in [2.45, 2.75) is 26.8 Å². The first kappa shape index (κ1) is 19.3. The first-order chi connectivity index (χ1) is 13.1. The highest BCUT2D eigenvalue weighted by Crippen LogP contribution is 2.32. The molecular formula is C20H22FN5O2. The Hall–Kier alpha value is -3.42. The van der Waals surface area contributed by atoms with E-state index in [0.717, 1.165) is 0 Å². The molecule has 0 radical (unpaired) electrons. The number of anilines is 1. The van der Waals surface area contributed by atoms with Gasteiger partial charge in [-0.15, -0.1) is 0 Å². The zero-order valence-corrected chi connectivity index (χ0v) is 15.9. The molecule has 3 aromatic rings. The normalized spacial score (nSPS) is 12.7. The van der Waals surface area contributed by atoms with Gasteiger partial charge in [0.25, 0.3) is 5.91 Å². The average Bonchev–Trinajstić information content (AvgIpc) is 3.06. The fourth-order valence-electron chi connectivity index (χ4n) is 2.85. The van der Waals surface area contributed by atoms with Gasteiger partial charge in [-0.2, -0.15) is 5.10 Å². The van der Waals surface area contributed by atoms with E-state index < -0.39 is 23.3 Å². The Balaban J connectivity index is 2.16. The van der Waals surface area contributed by atoms with E-state index in [-0.39, 0.29) is 11.4 Å². The Bertz CT molecular complexity index is 1070. The number of nitrogens with two attached hydrogens (primary N) is 2. The molecule has 0 fully saturated rings. The lowest BCUT2D eigenvalue weighted by molar-refractivity contribution is -0.126.